The second-order valence-corrected chi connectivity index (χ2v) is 5.01. The minimum atomic E-state index is -0.482. The number of imide groups is 1. The number of benzene rings is 1. The van der Waals surface area contributed by atoms with E-state index in [1.54, 1.807) is 24.3 Å². The van der Waals surface area contributed by atoms with Gasteiger partial charge in [-0.25, -0.2) is 0 Å². The summed E-state index contributed by atoms with van der Waals surface area (Å²) in [5.41, 5.74) is 1.48. The van der Waals surface area contributed by atoms with E-state index >= 15 is 0 Å². The Labute approximate surface area is 128 Å². The van der Waals surface area contributed by atoms with E-state index in [0.717, 1.165) is 10.5 Å². The van der Waals surface area contributed by atoms with Gasteiger partial charge in [0.1, 0.15) is 0 Å². The molecule has 0 spiro atoms. The van der Waals surface area contributed by atoms with Gasteiger partial charge in [-0.15, -0.1) is 0 Å². The van der Waals surface area contributed by atoms with Crippen molar-refractivity contribution in [3.8, 4) is 6.07 Å². The molecule has 6 heteroatoms. The Bertz CT molecular complexity index is 616. The number of hydrogen-bond acceptors (Lipinski definition) is 5. The summed E-state index contributed by atoms with van der Waals surface area (Å²) in [6, 6.07) is 8.94. The van der Waals surface area contributed by atoms with Crippen LogP contribution < -0.4 is 0 Å². The maximum atomic E-state index is 11.7. The van der Waals surface area contributed by atoms with Crippen LogP contribution in [0, 0.1) is 11.3 Å². The summed E-state index contributed by atoms with van der Waals surface area (Å²) in [5, 5.41) is 8.69. The second kappa shape index (κ2) is 7.36. The molecule has 114 valence electrons. The van der Waals surface area contributed by atoms with Gasteiger partial charge in [0.25, 0.3) is 5.91 Å². The van der Waals surface area contributed by atoms with Gasteiger partial charge in [0, 0.05) is 19.4 Å². The molecule has 0 atom stereocenters. The monoisotopic (exact) mass is 300 g/mol. The normalized spacial score (nSPS) is 13.8. The number of carbonyl (C=O) groups excluding carboxylic acids is 3. The zero-order valence-corrected chi connectivity index (χ0v) is 12.1. The van der Waals surface area contributed by atoms with Gasteiger partial charge in [0.15, 0.2) is 6.61 Å². The molecule has 2 rings (SSSR count). The van der Waals surface area contributed by atoms with Crippen LogP contribution in [0.3, 0.4) is 0 Å². The Kier molecular flexibility index (Phi) is 5.26. The molecule has 0 saturated carbocycles. The third-order valence-electron chi connectivity index (χ3n) is 3.43. The van der Waals surface area contributed by atoms with Crippen molar-refractivity contribution < 1.29 is 19.1 Å². The molecular weight excluding hydrogens is 284 g/mol. The summed E-state index contributed by atoms with van der Waals surface area (Å²) in [6.45, 7) is 0.0123. The van der Waals surface area contributed by atoms with Crippen LogP contribution in [0.25, 0.3) is 0 Å². The van der Waals surface area contributed by atoms with Crippen LogP contribution in [0.15, 0.2) is 24.3 Å². The zero-order valence-electron chi connectivity index (χ0n) is 12.1. The Morgan fingerprint density at radius 1 is 1.27 bits per heavy atom. The van der Waals surface area contributed by atoms with Crippen LogP contribution in [-0.4, -0.2) is 35.8 Å². The molecule has 0 radical (unpaired) electrons. The lowest BCUT2D eigenvalue weighted by atomic mass is 10.1. The Morgan fingerprint density at radius 2 is 2.00 bits per heavy atom. The molecule has 1 aromatic carbocycles. The van der Waals surface area contributed by atoms with Gasteiger partial charge in [0.05, 0.1) is 11.6 Å². The first kappa shape index (κ1) is 15.7. The molecule has 1 aliphatic heterocycles. The molecular formula is C16H16N2O4. The SMILES string of the molecule is N#Cc1ccc(CCC(=O)OCC(=O)N2CCCC2=O)cc1. The number of carbonyl (C=O) groups is 3. The van der Waals surface area contributed by atoms with Gasteiger partial charge in [-0.2, -0.15) is 5.26 Å². The van der Waals surface area contributed by atoms with E-state index in [4.69, 9.17) is 10.00 Å². The number of aryl methyl sites for hydroxylation is 1. The van der Waals surface area contributed by atoms with Gasteiger partial charge in [-0.3, -0.25) is 19.3 Å². The second-order valence-electron chi connectivity index (χ2n) is 5.01. The lowest BCUT2D eigenvalue weighted by molar-refractivity contribution is -0.154. The van der Waals surface area contributed by atoms with Gasteiger partial charge >= 0.3 is 5.97 Å². The number of ether oxygens (including phenoxy) is 1. The van der Waals surface area contributed by atoms with E-state index in [2.05, 4.69) is 0 Å². The topological polar surface area (TPSA) is 87.5 Å². The minimum absolute atomic E-state index is 0.146. The van der Waals surface area contributed by atoms with E-state index < -0.39 is 18.5 Å². The average molecular weight is 300 g/mol. The molecule has 0 bridgehead atoms. The molecule has 1 aromatic rings. The maximum absolute atomic E-state index is 11.7. The third kappa shape index (κ3) is 4.16. The van der Waals surface area contributed by atoms with Gasteiger partial charge < -0.3 is 4.74 Å². The predicted molar refractivity (Wildman–Crippen MR) is 76.4 cm³/mol. The lowest BCUT2D eigenvalue weighted by Crippen LogP contribution is -2.35. The molecule has 22 heavy (non-hydrogen) atoms. The van der Waals surface area contributed by atoms with Crippen LogP contribution in [-0.2, 0) is 25.5 Å². The lowest BCUT2D eigenvalue weighted by Gasteiger charge is -2.13. The van der Waals surface area contributed by atoms with Crippen LogP contribution in [0.5, 0.6) is 0 Å². The zero-order chi connectivity index (χ0) is 15.9. The van der Waals surface area contributed by atoms with Gasteiger partial charge in [0.2, 0.25) is 5.91 Å². The summed E-state index contributed by atoms with van der Waals surface area (Å²) in [6.07, 6.45) is 1.66. The highest BCUT2D eigenvalue weighted by Gasteiger charge is 2.26. The standard InChI is InChI=1S/C16H16N2O4/c17-10-13-5-3-12(4-6-13)7-8-16(21)22-11-15(20)18-9-1-2-14(18)19/h3-6H,1-2,7-9,11H2. The van der Waals surface area contributed by atoms with E-state index in [1.165, 1.54) is 0 Å². The molecule has 0 N–H and O–H groups in total. The van der Waals surface area contributed by atoms with Crippen molar-refractivity contribution in [3.63, 3.8) is 0 Å². The molecule has 1 heterocycles. The van der Waals surface area contributed by atoms with E-state index in [0.29, 0.717) is 31.4 Å². The number of hydrogen-bond donors (Lipinski definition) is 0. The van der Waals surface area contributed by atoms with Gasteiger partial charge in [-0.05, 0) is 30.5 Å². The number of nitrogens with zero attached hydrogens (tertiary/aromatic N) is 2. The van der Waals surface area contributed by atoms with Crippen molar-refractivity contribution >= 4 is 17.8 Å². The summed E-state index contributed by atoms with van der Waals surface area (Å²) >= 11 is 0. The van der Waals surface area contributed by atoms with Crippen LogP contribution in [0.2, 0.25) is 0 Å². The number of nitriles is 1. The molecule has 0 unspecified atom stereocenters. The molecule has 1 fully saturated rings. The van der Waals surface area contributed by atoms with Crippen molar-refractivity contribution in [2.45, 2.75) is 25.7 Å². The summed E-state index contributed by atoms with van der Waals surface area (Å²) in [7, 11) is 0. The quantitative estimate of drug-likeness (QED) is 0.762. The van der Waals surface area contributed by atoms with Crippen LogP contribution in [0.4, 0.5) is 0 Å². The smallest absolute Gasteiger partial charge is 0.306 e. The van der Waals surface area contributed by atoms with E-state index in [-0.39, 0.29) is 12.3 Å². The largest absolute Gasteiger partial charge is 0.456 e. The number of likely N-dealkylation sites (tertiary alicyclic amines) is 1. The number of amides is 2. The number of esters is 1. The highest BCUT2D eigenvalue weighted by atomic mass is 16.5. The molecule has 1 saturated heterocycles. The minimum Gasteiger partial charge on any atom is -0.456 e. The first-order valence-corrected chi connectivity index (χ1v) is 7.08. The summed E-state index contributed by atoms with van der Waals surface area (Å²) in [4.78, 5) is 35.8. The first-order valence-electron chi connectivity index (χ1n) is 7.08. The van der Waals surface area contributed by atoms with Crippen molar-refractivity contribution in [2.24, 2.45) is 0 Å². The fourth-order valence-corrected chi connectivity index (χ4v) is 2.20. The highest BCUT2D eigenvalue weighted by molar-refractivity contribution is 5.97. The predicted octanol–water partition coefficient (Wildman–Crippen LogP) is 1.18. The van der Waals surface area contributed by atoms with Crippen molar-refractivity contribution in [2.75, 3.05) is 13.2 Å². The Balaban J connectivity index is 1.72. The van der Waals surface area contributed by atoms with E-state index in [9.17, 15) is 14.4 Å². The summed E-state index contributed by atoms with van der Waals surface area (Å²) < 4.78 is 4.90. The van der Waals surface area contributed by atoms with Crippen molar-refractivity contribution in [1.29, 1.82) is 5.26 Å². The molecule has 0 aliphatic carbocycles. The Morgan fingerprint density at radius 3 is 2.59 bits per heavy atom. The average Bonchev–Trinajstić information content (AvgIpc) is 2.97. The fraction of sp³-hybridized carbons (Fsp3) is 0.375. The Hall–Kier alpha value is -2.68. The number of rotatable bonds is 5. The molecule has 6 nitrogen and oxygen atoms in total. The molecule has 1 aliphatic rings. The van der Waals surface area contributed by atoms with E-state index in [1.807, 2.05) is 6.07 Å². The fourth-order valence-electron chi connectivity index (χ4n) is 2.20. The first-order chi connectivity index (χ1) is 10.6. The van der Waals surface area contributed by atoms with Crippen LogP contribution >= 0.6 is 0 Å². The highest BCUT2D eigenvalue weighted by Crippen LogP contribution is 2.10. The van der Waals surface area contributed by atoms with Crippen molar-refractivity contribution in [1.82, 2.24) is 4.90 Å². The van der Waals surface area contributed by atoms with Gasteiger partial charge in [-0.1, -0.05) is 12.1 Å². The third-order valence-corrected chi connectivity index (χ3v) is 3.43. The van der Waals surface area contributed by atoms with Crippen LogP contribution in [0.1, 0.15) is 30.4 Å². The maximum Gasteiger partial charge on any atom is 0.306 e. The van der Waals surface area contributed by atoms with Crippen molar-refractivity contribution in [3.05, 3.63) is 35.4 Å². The molecule has 0 aromatic heterocycles. The molecule has 2 amide bonds. The summed E-state index contributed by atoms with van der Waals surface area (Å²) in [5.74, 6) is -1.16.